The SMILES string of the molecule is CCc1ccc2c(c1)Cc1cc(-c3ccc(OC(F)(F)F)c(F)c3)c(F)cc1-2. The minimum atomic E-state index is -5.00. The molecule has 1 aliphatic carbocycles. The molecule has 0 fully saturated rings. The third-order valence-corrected chi connectivity index (χ3v) is 4.91. The van der Waals surface area contributed by atoms with Gasteiger partial charge in [-0.2, -0.15) is 0 Å². The van der Waals surface area contributed by atoms with E-state index >= 15 is 0 Å². The maximum Gasteiger partial charge on any atom is 0.573 e. The van der Waals surface area contributed by atoms with Crippen LogP contribution in [0, 0.1) is 11.6 Å². The van der Waals surface area contributed by atoms with Crippen molar-refractivity contribution >= 4 is 0 Å². The highest BCUT2D eigenvalue weighted by molar-refractivity contribution is 5.81. The molecule has 0 N–H and O–H groups in total. The first-order valence-corrected chi connectivity index (χ1v) is 8.75. The van der Waals surface area contributed by atoms with E-state index in [0.717, 1.165) is 40.8 Å². The molecule has 0 amide bonds. The molecule has 3 aromatic rings. The Labute approximate surface area is 158 Å². The molecule has 1 aliphatic rings. The van der Waals surface area contributed by atoms with Gasteiger partial charge in [0, 0.05) is 5.56 Å². The van der Waals surface area contributed by atoms with Crippen LogP contribution in [0.4, 0.5) is 22.0 Å². The fourth-order valence-corrected chi connectivity index (χ4v) is 3.59. The summed E-state index contributed by atoms with van der Waals surface area (Å²) in [5.41, 5.74) is 5.24. The normalized spacial score (nSPS) is 12.6. The van der Waals surface area contributed by atoms with Gasteiger partial charge in [0.2, 0.25) is 0 Å². The highest BCUT2D eigenvalue weighted by Crippen LogP contribution is 2.41. The van der Waals surface area contributed by atoms with Crippen LogP contribution >= 0.6 is 0 Å². The molecule has 0 saturated carbocycles. The highest BCUT2D eigenvalue weighted by Gasteiger charge is 2.32. The van der Waals surface area contributed by atoms with Gasteiger partial charge in [-0.15, -0.1) is 13.2 Å². The van der Waals surface area contributed by atoms with Gasteiger partial charge in [-0.25, -0.2) is 8.78 Å². The van der Waals surface area contributed by atoms with E-state index in [1.165, 1.54) is 17.7 Å². The first-order valence-electron chi connectivity index (χ1n) is 8.75. The second-order valence-electron chi connectivity index (χ2n) is 6.70. The standard InChI is InChI=1S/C22H15F5O/c1-2-12-3-5-16-14(7-12)8-15-9-18(19(23)11-17(15)16)13-4-6-21(20(24)10-13)28-22(25,26)27/h3-7,9-11H,2,8H2,1H3. The van der Waals surface area contributed by atoms with E-state index in [1.54, 1.807) is 6.07 Å². The second kappa shape index (κ2) is 6.62. The molecule has 6 heteroatoms. The number of hydrogen-bond acceptors (Lipinski definition) is 1. The number of rotatable bonds is 3. The van der Waals surface area contributed by atoms with Gasteiger partial charge in [0.05, 0.1) is 0 Å². The molecule has 0 radical (unpaired) electrons. The van der Waals surface area contributed by atoms with E-state index in [4.69, 9.17) is 0 Å². The molecule has 0 bridgehead atoms. The Kier molecular flexibility index (Phi) is 4.37. The molecule has 144 valence electrons. The predicted molar refractivity (Wildman–Crippen MR) is 96.1 cm³/mol. The third kappa shape index (κ3) is 3.35. The van der Waals surface area contributed by atoms with Crippen molar-refractivity contribution in [1.82, 2.24) is 0 Å². The molecule has 0 aromatic heterocycles. The molecular formula is C22H15F5O. The van der Waals surface area contributed by atoms with Gasteiger partial charge in [-0.3, -0.25) is 0 Å². The van der Waals surface area contributed by atoms with E-state index in [9.17, 15) is 22.0 Å². The molecular weight excluding hydrogens is 375 g/mol. The molecule has 0 spiro atoms. The summed E-state index contributed by atoms with van der Waals surface area (Å²) in [6, 6.07) is 12.0. The zero-order valence-electron chi connectivity index (χ0n) is 14.8. The lowest BCUT2D eigenvalue weighted by molar-refractivity contribution is -0.275. The van der Waals surface area contributed by atoms with Crippen LogP contribution in [0.3, 0.4) is 0 Å². The monoisotopic (exact) mass is 390 g/mol. The summed E-state index contributed by atoms with van der Waals surface area (Å²) in [6.45, 7) is 2.06. The number of benzene rings is 3. The highest BCUT2D eigenvalue weighted by atomic mass is 19.4. The van der Waals surface area contributed by atoms with Crippen molar-refractivity contribution in [2.24, 2.45) is 0 Å². The molecule has 0 aliphatic heterocycles. The molecule has 0 atom stereocenters. The van der Waals surface area contributed by atoms with Gasteiger partial charge < -0.3 is 4.74 Å². The van der Waals surface area contributed by atoms with Crippen LogP contribution in [0.15, 0.2) is 48.5 Å². The average Bonchev–Trinajstić information content (AvgIpc) is 2.98. The van der Waals surface area contributed by atoms with Gasteiger partial charge in [0.1, 0.15) is 5.82 Å². The summed E-state index contributed by atoms with van der Waals surface area (Å²) >= 11 is 0. The number of halogens is 5. The van der Waals surface area contributed by atoms with Crippen molar-refractivity contribution in [2.45, 2.75) is 26.1 Å². The average molecular weight is 390 g/mol. The van der Waals surface area contributed by atoms with Crippen LogP contribution in [-0.2, 0) is 12.8 Å². The minimum absolute atomic E-state index is 0.139. The first kappa shape index (κ1) is 18.5. The maximum absolute atomic E-state index is 14.7. The maximum atomic E-state index is 14.7. The molecule has 4 rings (SSSR count). The molecule has 28 heavy (non-hydrogen) atoms. The summed E-state index contributed by atoms with van der Waals surface area (Å²) in [5.74, 6) is -2.71. The van der Waals surface area contributed by atoms with Crippen molar-refractivity contribution in [3.8, 4) is 28.0 Å². The smallest absolute Gasteiger partial charge is 0.403 e. The van der Waals surface area contributed by atoms with Crippen LogP contribution in [0.5, 0.6) is 5.75 Å². The summed E-state index contributed by atoms with van der Waals surface area (Å²) in [7, 11) is 0. The van der Waals surface area contributed by atoms with E-state index in [-0.39, 0.29) is 11.1 Å². The predicted octanol–water partition coefficient (Wildman–Crippen LogP) is 6.66. The fraction of sp³-hybridized carbons (Fsp3) is 0.182. The largest absolute Gasteiger partial charge is 0.573 e. The van der Waals surface area contributed by atoms with Gasteiger partial charge in [0.15, 0.2) is 11.6 Å². The van der Waals surface area contributed by atoms with Gasteiger partial charge in [-0.05, 0) is 70.5 Å². The van der Waals surface area contributed by atoms with Crippen molar-refractivity contribution in [2.75, 3.05) is 0 Å². The Morgan fingerprint density at radius 1 is 0.821 bits per heavy atom. The third-order valence-electron chi connectivity index (χ3n) is 4.91. The van der Waals surface area contributed by atoms with Gasteiger partial charge >= 0.3 is 6.36 Å². The Morgan fingerprint density at radius 2 is 1.57 bits per heavy atom. The van der Waals surface area contributed by atoms with Gasteiger partial charge in [0.25, 0.3) is 0 Å². The van der Waals surface area contributed by atoms with Crippen LogP contribution in [0.1, 0.15) is 23.6 Å². The topological polar surface area (TPSA) is 9.23 Å². The molecule has 0 saturated heterocycles. The number of alkyl halides is 3. The van der Waals surface area contributed by atoms with Crippen molar-refractivity contribution in [1.29, 1.82) is 0 Å². The molecule has 0 unspecified atom stereocenters. The summed E-state index contributed by atoms with van der Waals surface area (Å²) in [5, 5.41) is 0. The van der Waals surface area contributed by atoms with E-state index in [2.05, 4.69) is 17.7 Å². The lowest BCUT2D eigenvalue weighted by atomic mass is 9.98. The number of ether oxygens (including phenoxy) is 1. The quantitative estimate of drug-likeness (QED) is 0.355. The Hall–Kier alpha value is -2.89. The van der Waals surface area contributed by atoms with Crippen LogP contribution in [0.25, 0.3) is 22.3 Å². The van der Waals surface area contributed by atoms with E-state index < -0.39 is 23.7 Å². The zero-order chi connectivity index (χ0) is 20.1. The summed E-state index contributed by atoms with van der Waals surface area (Å²) in [6.07, 6.45) is -3.47. The van der Waals surface area contributed by atoms with Crippen LogP contribution < -0.4 is 4.74 Å². The first-order chi connectivity index (χ1) is 13.2. The minimum Gasteiger partial charge on any atom is -0.403 e. The lowest BCUT2D eigenvalue weighted by Gasteiger charge is -2.12. The van der Waals surface area contributed by atoms with E-state index in [1.807, 2.05) is 12.1 Å². The fourth-order valence-electron chi connectivity index (χ4n) is 3.59. The van der Waals surface area contributed by atoms with Crippen molar-refractivity contribution in [3.05, 3.63) is 76.9 Å². The van der Waals surface area contributed by atoms with E-state index in [0.29, 0.717) is 6.42 Å². The lowest BCUT2D eigenvalue weighted by Crippen LogP contribution is -2.17. The molecule has 3 aromatic carbocycles. The van der Waals surface area contributed by atoms with Gasteiger partial charge in [-0.1, -0.05) is 31.2 Å². The summed E-state index contributed by atoms with van der Waals surface area (Å²) < 4.78 is 69.3. The molecule has 0 heterocycles. The second-order valence-corrected chi connectivity index (χ2v) is 6.70. The van der Waals surface area contributed by atoms with Crippen molar-refractivity contribution in [3.63, 3.8) is 0 Å². The van der Waals surface area contributed by atoms with Crippen molar-refractivity contribution < 1.29 is 26.7 Å². The Morgan fingerprint density at radius 3 is 2.25 bits per heavy atom. The van der Waals surface area contributed by atoms with Crippen LogP contribution in [-0.4, -0.2) is 6.36 Å². The summed E-state index contributed by atoms with van der Waals surface area (Å²) in [4.78, 5) is 0. The Bertz CT molecular complexity index is 1070. The number of hydrogen-bond donors (Lipinski definition) is 0. The molecule has 1 nitrogen and oxygen atoms in total. The van der Waals surface area contributed by atoms with Crippen LogP contribution in [0.2, 0.25) is 0 Å². The zero-order valence-corrected chi connectivity index (χ0v) is 14.8. The Balaban J connectivity index is 1.72. The number of aryl methyl sites for hydroxylation is 1. The number of fused-ring (bicyclic) bond motifs is 3.